The highest BCUT2D eigenvalue weighted by molar-refractivity contribution is 5.96. The van der Waals surface area contributed by atoms with Gasteiger partial charge in [0.25, 0.3) is 11.8 Å². The zero-order valence-electron chi connectivity index (χ0n) is 19.5. The van der Waals surface area contributed by atoms with Gasteiger partial charge in [0.05, 0.1) is 14.2 Å². The van der Waals surface area contributed by atoms with E-state index < -0.39 is 5.91 Å². The highest BCUT2D eigenvalue weighted by Gasteiger charge is 2.22. The molecule has 1 heterocycles. The SMILES string of the molecule is COc1cc(C(=O)NCC(c2ccccc2)c2c[nH]c3ccccc23)cc(OC)c1OCC(N)=O. The number of hydrogen-bond acceptors (Lipinski definition) is 5. The van der Waals surface area contributed by atoms with Crippen molar-refractivity contribution in [3.8, 4) is 17.2 Å². The van der Waals surface area contributed by atoms with Gasteiger partial charge in [0.2, 0.25) is 5.75 Å². The fraction of sp³-hybridized carbons (Fsp3) is 0.185. The predicted molar refractivity (Wildman–Crippen MR) is 133 cm³/mol. The number of nitrogens with one attached hydrogen (secondary N) is 2. The van der Waals surface area contributed by atoms with Crippen molar-refractivity contribution >= 4 is 22.7 Å². The summed E-state index contributed by atoms with van der Waals surface area (Å²) < 4.78 is 16.2. The number of primary amides is 1. The van der Waals surface area contributed by atoms with Crippen molar-refractivity contribution in [3.05, 3.63) is 89.6 Å². The lowest BCUT2D eigenvalue weighted by atomic mass is 9.91. The molecule has 0 saturated heterocycles. The number of nitrogens with two attached hydrogens (primary N) is 1. The quantitative estimate of drug-likeness (QED) is 0.325. The van der Waals surface area contributed by atoms with Gasteiger partial charge in [-0.05, 0) is 29.3 Å². The minimum Gasteiger partial charge on any atom is -0.493 e. The van der Waals surface area contributed by atoms with Gasteiger partial charge in [0.1, 0.15) is 0 Å². The molecule has 0 aliphatic rings. The Labute approximate surface area is 203 Å². The zero-order valence-corrected chi connectivity index (χ0v) is 19.5. The van der Waals surface area contributed by atoms with E-state index >= 15 is 0 Å². The number of benzene rings is 3. The zero-order chi connectivity index (χ0) is 24.8. The second kappa shape index (κ2) is 10.6. The summed E-state index contributed by atoms with van der Waals surface area (Å²) in [6.07, 6.45) is 1.99. The molecule has 35 heavy (non-hydrogen) atoms. The Hall–Kier alpha value is -4.46. The minimum atomic E-state index is -0.639. The van der Waals surface area contributed by atoms with Crippen LogP contribution in [0.25, 0.3) is 10.9 Å². The van der Waals surface area contributed by atoms with Crippen LogP contribution in [-0.4, -0.2) is 44.2 Å². The summed E-state index contributed by atoms with van der Waals surface area (Å²) in [4.78, 5) is 27.6. The molecule has 4 rings (SSSR count). The standard InChI is InChI=1S/C27H27N3O5/c1-33-23-12-18(13-24(34-2)26(23)35-16-25(28)31)27(32)30-14-20(17-8-4-3-5-9-17)21-15-29-22-11-7-6-10-19(21)22/h3-13,15,20,29H,14,16H2,1-2H3,(H2,28,31)(H,30,32). The number of rotatable bonds is 10. The maximum absolute atomic E-state index is 13.2. The topological polar surface area (TPSA) is 116 Å². The van der Waals surface area contributed by atoms with Crippen molar-refractivity contribution in [2.24, 2.45) is 5.73 Å². The number of para-hydroxylation sites is 1. The van der Waals surface area contributed by atoms with Gasteiger partial charge in [-0.3, -0.25) is 9.59 Å². The molecule has 0 fully saturated rings. The van der Waals surface area contributed by atoms with Crippen molar-refractivity contribution in [3.63, 3.8) is 0 Å². The Morgan fingerprint density at radius 3 is 2.29 bits per heavy atom. The second-order valence-corrected chi connectivity index (χ2v) is 7.93. The van der Waals surface area contributed by atoms with Crippen molar-refractivity contribution < 1.29 is 23.8 Å². The molecule has 8 nitrogen and oxygen atoms in total. The number of aromatic amines is 1. The van der Waals surface area contributed by atoms with E-state index in [4.69, 9.17) is 19.9 Å². The third-order valence-corrected chi connectivity index (χ3v) is 5.75. The minimum absolute atomic E-state index is 0.0711. The molecule has 4 aromatic rings. The summed E-state index contributed by atoms with van der Waals surface area (Å²) in [6, 6.07) is 21.2. The average molecular weight is 474 g/mol. The fourth-order valence-electron chi connectivity index (χ4n) is 4.07. The predicted octanol–water partition coefficient (Wildman–Crippen LogP) is 3.61. The van der Waals surface area contributed by atoms with E-state index in [1.807, 2.05) is 42.6 Å². The molecule has 2 amide bonds. The van der Waals surface area contributed by atoms with E-state index in [0.717, 1.165) is 22.0 Å². The molecule has 0 radical (unpaired) electrons. The Balaban J connectivity index is 1.61. The van der Waals surface area contributed by atoms with Crippen molar-refractivity contribution in [2.45, 2.75) is 5.92 Å². The summed E-state index contributed by atoms with van der Waals surface area (Å²) >= 11 is 0. The molecule has 0 aliphatic heterocycles. The Kier molecular flexibility index (Phi) is 7.21. The Morgan fingerprint density at radius 2 is 1.63 bits per heavy atom. The van der Waals surface area contributed by atoms with E-state index in [-0.39, 0.29) is 35.7 Å². The van der Waals surface area contributed by atoms with Crippen molar-refractivity contribution in [2.75, 3.05) is 27.4 Å². The van der Waals surface area contributed by atoms with Crippen LogP contribution >= 0.6 is 0 Å². The number of H-pyrrole nitrogens is 1. The number of fused-ring (bicyclic) bond motifs is 1. The van der Waals surface area contributed by atoms with Gasteiger partial charge < -0.3 is 30.2 Å². The van der Waals surface area contributed by atoms with Crippen molar-refractivity contribution in [1.82, 2.24) is 10.3 Å². The lowest BCUT2D eigenvalue weighted by Gasteiger charge is -2.19. The van der Waals surface area contributed by atoms with Gasteiger partial charge in [0.15, 0.2) is 18.1 Å². The molecule has 4 N–H and O–H groups in total. The van der Waals surface area contributed by atoms with Gasteiger partial charge in [-0.25, -0.2) is 0 Å². The van der Waals surface area contributed by atoms with Crippen LogP contribution in [0.4, 0.5) is 0 Å². The van der Waals surface area contributed by atoms with E-state index in [1.165, 1.54) is 26.4 Å². The maximum Gasteiger partial charge on any atom is 0.255 e. The third-order valence-electron chi connectivity index (χ3n) is 5.75. The average Bonchev–Trinajstić information content (AvgIpc) is 3.31. The molecule has 180 valence electrons. The van der Waals surface area contributed by atoms with Crippen LogP contribution in [0.1, 0.15) is 27.4 Å². The largest absolute Gasteiger partial charge is 0.493 e. The lowest BCUT2D eigenvalue weighted by molar-refractivity contribution is -0.120. The molecule has 8 heteroatoms. The van der Waals surface area contributed by atoms with Gasteiger partial charge in [-0.15, -0.1) is 0 Å². The Bertz CT molecular complexity index is 1310. The fourth-order valence-corrected chi connectivity index (χ4v) is 4.07. The van der Waals surface area contributed by atoms with E-state index in [9.17, 15) is 9.59 Å². The van der Waals surface area contributed by atoms with E-state index in [2.05, 4.69) is 28.5 Å². The van der Waals surface area contributed by atoms with Gasteiger partial charge in [-0.2, -0.15) is 0 Å². The molecule has 0 aliphatic carbocycles. The third kappa shape index (κ3) is 5.22. The van der Waals surface area contributed by atoms with Gasteiger partial charge in [-0.1, -0.05) is 48.5 Å². The molecule has 3 aromatic carbocycles. The number of hydrogen-bond donors (Lipinski definition) is 3. The normalized spacial score (nSPS) is 11.6. The molecular formula is C27H27N3O5. The first-order valence-electron chi connectivity index (χ1n) is 11.1. The number of amides is 2. The van der Waals surface area contributed by atoms with Gasteiger partial charge >= 0.3 is 0 Å². The number of carbonyl (C=O) groups is 2. The lowest BCUT2D eigenvalue weighted by Crippen LogP contribution is -2.29. The van der Waals surface area contributed by atoms with Gasteiger partial charge in [0, 0.05) is 35.1 Å². The van der Waals surface area contributed by atoms with Crippen LogP contribution in [0.3, 0.4) is 0 Å². The van der Waals surface area contributed by atoms with E-state index in [0.29, 0.717) is 12.1 Å². The van der Waals surface area contributed by atoms with Crippen molar-refractivity contribution in [1.29, 1.82) is 0 Å². The first-order chi connectivity index (χ1) is 17.0. The molecule has 1 unspecified atom stereocenters. The van der Waals surface area contributed by atoms with E-state index in [1.54, 1.807) is 0 Å². The molecule has 0 saturated carbocycles. The smallest absolute Gasteiger partial charge is 0.255 e. The summed E-state index contributed by atoms with van der Waals surface area (Å²) in [7, 11) is 2.88. The second-order valence-electron chi connectivity index (χ2n) is 7.93. The molecule has 1 atom stereocenters. The summed E-state index contributed by atoms with van der Waals surface area (Å²) in [6.45, 7) is 0.0247. The molecule has 0 bridgehead atoms. The number of aromatic nitrogens is 1. The monoisotopic (exact) mass is 473 g/mol. The Morgan fingerprint density at radius 1 is 0.971 bits per heavy atom. The molecule has 0 spiro atoms. The summed E-state index contributed by atoms with van der Waals surface area (Å²) in [5.41, 5.74) is 8.73. The van der Waals surface area contributed by atoms with Crippen LogP contribution in [-0.2, 0) is 4.79 Å². The van der Waals surface area contributed by atoms with Crippen LogP contribution in [0.15, 0.2) is 72.9 Å². The molecular weight excluding hydrogens is 446 g/mol. The highest BCUT2D eigenvalue weighted by Crippen LogP contribution is 2.38. The highest BCUT2D eigenvalue weighted by atomic mass is 16.5. The first-order valence-corrected chi connectivity index (χ1v) is 11.1. The van der Waals surface area contributed by atoms with Crippen LogP contribution in [0.5, 0.6) is 17.2 Å². The summed E-state index contributed by atoms with van der Waals surface area (Å²) in [5.74, 6) is -0.299. The van der Waals surface area contributed by atoms with Crippen LogP contribution in [0, 0.1) is 0 Å². The number of carbonyl (C=O) groups excluding carboxylic acids is 2. The summed E-state index contributed by atoms with van der Waals surface area (Å²) in [5, 5.41) is 4.15. The maximum atomic E-state index is 13.2. The molecule has 1 aromatic heterocycles. The van der Waals surface area contributed by atoms with Crippen LogP contribution < -0.4 is 25.3 Å². The first kappa shape index (κ1) is 23.7. The number of methoxy groups -OCH3 is 2. The van der Waals surface area contributed by atoms with Crippen LogP contribution in [0.2, 0.25) is 0 Å². The number of ether oxygens (including phenoxy) is 3.